The monoisotopic (exact) mass is 248 g/mol. The molecule has 0 aromatic carbocycles. The molecular formula is C7H12N4O2S2. The van der Waals surface area contributed by atoms with Crippen molar-refractivity contribution in [3.8, 4) is 0 Å². The van der Waals surface area contributed by atoms with Crippen LogP contribution in [0, 0.1) is 0 Å². The van der Waals surface area contributed by atoms with Crippen molar-refractivity contribution in [3.63, 3.8) is 0 Å². The highest BCUT2D eigenvalue weighted by atomic mass is 32.2. The first kappa shape index (κ1) is 12.1. The summed E-state index contributed by atoms with van der Waals surface area (Å²) in [6.07, 6.45) is 3.14. The number of thiocarbonyl (C=S) groups is 1. The molecule has 0 aliphatic carbocycles. The molecular weight excluding hydrogens is 236 g/mol. The number of nitrogens with one attached hydrogen (secondary N) is 2. The van der Waals surface area contributed by atoms with Crippen molar-refractivity contribution in [1.29, 1.82) is 0 Å². The molecule has 1 heterocycles. The Bertz CT molecular complexity index is 426. The topological polar surface area (TPSA) is 101 Å². The van der Waals surface area contributed by atoms with Crippen LogP contribution in [0.5, 0.6) is 0 Å². The molecule has 0 amide bonds. The summed E-state index contributed by atoms with van der Waals surface area (Å²) in [6.45, 7) is 1.62. The van der Waals surface area contributed by atoms with E-state index in [4.69, 9.17) is 5.73 Å². The first-order valence-electron chi connectivity index (χ1n) is 4.19. The minimum Gasteiger partial charge on any atom is -0.392 e. The first-order chi connectivity index (χ1) is 6.93. The standard InChI is InChI=1S/C7H12N4O2S2/c1-5(7(8)14)15(12,13)11-4-6-2-9-10-3-6/h2-3,5,11H,4H2,1H3,(H2,8,14)(H,9,10). The maximum absolute atomic E-state index is 11.6. The van der Waals surface area contributed by atoms with E-state index < -0.39 is 15.3 Å². The van der Waals surface area contributed by atoms with E-state index in [2.05, 4.69) is 27.1 Å². The van der Waals surface area contributed by atoms with Gasteiger partial charge in [0, 0.05) is 18.3 Å². The van der Waals surface area contributed by atoms with E-state index in [9.17, 15) is 8.42 Å². The Hall–Kier alpha value is -0.990. The van der Waals surface area contributed by atoms with Gasteiger partial charge in [0.25, 0.3) is 0 Å². The summed E-state index contributed by atoms with van der Waals surface area (Å²) < 4.78 is 25.5. The minimum absolute atomic E-state index is 0.0466. The van der Waals surface area contributed by atoms with Crippen LogP contribution in [0.25, 0.3) is 0 Å². The van der Waals surface area contributed by atoms with Crippen LogP contribution >= 0.6 is 12.2 Å². The first-order valence-corrected chi connectivity index (χ1v) is 6.14. The van der Waals surface area contributed by atoms with E-state index in [0.29, 0.717) is 0 Å². The molecule has 1 aromatic heterocycles. The van der Waals surface area contributed by atoms with Crippen molar-refractivity contribution in [2.24, 2.45) is 5.73 Å². The molecule has 84 valence electrons. The number of nitrogens with zero attached hydrogens (tertiary/aromatic N) is 1. The van der Waals surface area contributed by atoms with E-state index in [1.165, 1.54) is 13.1 Å². The third-order valence-electron chi connectivity index (χ3n) is 1.90. The summed E-state index contributed by atoms with van der Waals surface area (Å²) >= 11 is 4.62. The summed E-state index contributed by atoms with van der Waals surface area (Å²) in [7, 11) is -3.49. The van der Waals surface area contributed by atoms with Crippen molar-refractivity contribution < 1.29 is 8.42 Å². The Morgan fingerprint density at radius 2 is 2.47 bits per heavy atom. The van der Waals surface area contributed by atoms with E-state index >= 15 is 0 Å². The zero-order valence-corrected chi connectivity index (χ0v) is 9.73. The summed E-state index contributed by atoms with van der Waals surface area (Å²) in [5, 5.41) is 5.40. The number of aromatic nitrogens is 2. The van der Waals surface area contributed by atoms with E-state index in [1.807, 2.05) is 0 Å². The number of aromatic amines is 1. The number of hydrogen-bond donors (Lipinski definition) is 3. The molecule has 1 rings (SSSR count). The SMILES string of the molecule is CC(C(N)=S)S(=O)(=O)NCc1cn[nH]c1. The summed E-state index contributed by atoms with van der Waals surface area (Å²) in [6, 6.07) is 0. The van der Waals surface area contributed by atoms with Gasteiger partial charge in [0.15, 0.2) is 0 Å². The lowest BCUT2D eigenvalue weighted by atomic mass is 10.4. The van der Waals surface area contributed by atoms with Gasteiger partial charge in [-0.2, -0.15) is 5.10 Å². The molecule has 1 unspecified atom stereocenters. The fraction of sp³-hybridized carbons (Fsp3) is 0.429. The van der Waals surface area contributed by atoms with Crippen LogP contribution in [-0.4, -0.2) is 28.9 Å². The van der Waals surface area contributed by atoms with Crippen LogP contribution in [0.15, 0.2) is 12.4 Å². The fourth-order valence-corrected chi connectivity index (χ4v) is 2.14. The maximum Gasteiger partial charge on any atom is 0.221 e. The molecule has 0 aliphatic rings. The van der Waals surface area contributed by atoms with Crippen molar-refractivity contribution in [2.45, 2.75) is 18.7 Å². The van der Waals surface area contributed by atoms with Gasteiger partial charge in [-0.3, -0.25) is 5.10 Å². The molecule has 1 atom stereocenters. The van der Waals surface area contributed by atoms with Gasteiger partial charge in [-0.1, -0.05) is 12.2 Å². The third-order valence-corrected chi connectivity index (χ3v) is 4.13. The van der Waals surface area contributed by atoms with Gasteiger partial charge in [-0.05, 0) is 6.92 Å². The lowest BCUT2D eigenvalue weighted by Crippen LogP contribution is -2.39. The molecule has 0 fully saturated rings. The predicted molar refractivity (Wildman–Crippen MR) is 60.6 cm³/mol. The van der Waals surface area contributed by atoms with Crippen molar-refractivity contribution in [2.75, 3.05) is 0 Å². The minimum atomic E-state index is -3.49. The van der Waals surface area contributed by atoms with Crippen LogP contribution in [0.1, 0.15) is 12.5 Å². The Morgan fingerprint density at radius 3 is 2.93 bits per heavy atom. The van der Waals surface area contributed by atoms with Crippen LogP contribution in [0.4, 0.5) is 0 Å². The summed E-state index contributed by atoms with van der Waals surface area (Å²) in [4.78, 5) is -0.0466. The molecule has 8 heteroatoms. The highest BCUT2D eigenvalue weighted by Gasteiger charge is 2.22. The molecule has 0 aliphatic heterocycles. The van der Waals surface area contributed by atoms with Crippen LogP contribution < -0.4 is 10.5 Å². The number of sulfonamides is 1. The maximum atomic E-state index is 11.6. The van der Waals surface area contributed by atoms with E-state index in [1.54, 1.807) is 6.20 Å². The lowest BCUT2D eigenvalue weighted by molar-refractivity contribution is 0.578. The van der Waals surface area contributed by atoms with Crippen molar-refractivity contribution in [3.05, 3.63) is 18.0 Å². The number of rotatable bonds is 5. The number of H-pyrrole nitrogens is 1. The molecule has 4 N–H and O–H groups in total. The lowest BCUT2D eigenvalue weighted by Gasteiger charge is -2.11. The predicted octanol–water partition coefficient (Wildman–Crippen LogP) is -0.496. The average Bonchev–Trinajstić information content (AvgIpc) is 2.66. The highest BCUT2D eigenvalue weighted by molar-refractivity contribution is 7.93. The van der Waals surface area contributed by atoms with Gasteiger partial charge in [0.05, 0.1) is 11.2 Å². The summed E-state index contributed by atoms with van der Waals surface area (Å²) in [5.74, 6) is 0. The third kappa shape index (κ3) is 3.26. The number of nitrogens with two attached hydrogens (primary N) is 1. The largest absolute Gasteiger partial charge is 0.392 e. The Balaban J connectivity index is 2.62. The van der Waals surface area contributed by atoms with Gasteiger partial charge in [-0.15, -0.1) is 0 Å². The molecule has 0 saturated carbocycles. The Kier molecular flexibility index (Phi) is 3.77. The summed E-state index contributed by atoms with van der Waals surface area (Å²) in [5.41, 5.74) is 6.01. The molecule has 0 saturated heterocycles. The molecule has 15 heavy (non-hydrogen) atoms. The fourth-order valence-electron chi connectivity index (χ4n) is 0.836. The molecule has 0 bridgehead atoms. The van der Waals surface area contributed by atoms with Crippen LogP contribution in [0.3, 0.4) is 0 Å². The van der Waals surface area contributed by atoms with Gasteiger partial charge in [0.1, 0.15) is 5.25 Å². The quantitative estimate of drug-likeness (QED) is 0.610. The molecule has 1 aromatic rings. The molecule has 6 nitrogen and oxygen atoms in total. The number of hydrogen-bond acceptors (Lipinski definition) is 4. The van der Waals surface area contributed by atoms with Crippen LogP contribution in [0.2, 0.25) is 0 Å². The Morgan fingerprint density at radius 1 is 1.80 bits per heavy atom. The second-order valence-electron chi connectivity index (χ2n) is 3.02. The van der Waals surface area contributed by atoms with Crippen molar-refractivity contribution in [1.82, 2.24) is 14.9 Å². The zero-order chi connectivity index (χ0) is 11.5. The smallest absolute Gasteiger partial charge is 0.221 e. The van der Waals surface area contributed by atoms with Gasteiger partial charge >= 0.3 is 0 Å². The van der Waals surface area contributed by atoms with Gasteiger partial charge < -0.3 is 5.73 Å². The second-order valence-corrected chi connectivity index (χ2v) is 5.57. The molecule has 0 spiro atoms. The zero-order valence-electron chi connectivity index (χ0n) is 8.10. The van der Waals surface area contributed by atoms with Gasteiger partial charge in [-0.25, -0.2) is 13.1 Å². The van der Waals surface area contributed by atoms with Crippen molar-refractivity contribution >= 4 is 27.2 Å². The normalized spacial score (nSPS) is 13.7. The average molecular weight is 248 g/mol. The van der Waals surface area contributed by atoms with Crippen LogP contribution in [-0.2, 0) is 16.6 Å². The van der Waals surface area contributed by atoms with Gasteiger partial charge in [0.2, 0.25) is 10.0 Å². The van der Waals surface area contributed by atoms with E-state index in [0.717, 1.165) is 5.56 Å². The second kappa shape index (κ2) is 4.69. The highest BCUT2D eigenvalue weighted by Crippen LogP contribution is 2.01. The molecule has 0 radical (unpaired) electrons. The van der Waals surface area contributed by atoms with E-state index in [-0.39, 0.29) is 11.5 Å². The Labute approximate surface area is 93.3 Å².